The van der Waals surface area contributed by atoms with Crippen LogP contribution in [0, 0.1) is 0 Å². The first-order chi connectivity index (χ1) is 12.4. The molecule has 0 saturated heterocycles. The van der Waals surface area contributed by atoms with Gasteiger partial charge >= 0.3 is 0 Å². The second-order valence-corrected chi connectivity index (χ2v) is 9.84. The SMILES string of the molecule is NC1=N[C@H](c2sc(C(=O)Nc3cccc(Cl)n3)cc2Cl)CS(=O)C12CC2. The maximum Gasteiger partial charge on any atom is 0.266 e. The number of nitrogens with zero attached hydrogens (tertiary/aromatic N) is 2. The third-order valence-electron chi connectivity index (χ3n) is 4.41. The number of carbonyl (C=O) groups is 1. The van der Waals surface area contributed by atoms with Crippen molar-refractivity contribution in [3.8, 4) is 0 Å². The first kappa shape index (κ1) is 17.9. The number of nitrogens with one attached hydrogen (secondary N) is 1. The molecule has 1 aliphatic carbocycles. The van der Waals surface area contributed by atoms with E-state index in [0.29, 0.717) is 32.2 Å². The quantitative estimate of drug-likeness (QED) is 0.731. The number of aliphatic imine (C=N–C) groups is 1. The summed E-state index contributed by atoms with van der Waals surface area (Å²) in [5, 5.41) is 3.39. The van der Waals surface area contributed by atoms with E-state index in [-0.39, 0.29) is 17.1 Å². The van der Waals surface area contributed by atoms with Crippen molar-refractivity contribution in [3.05, 3.63) is 44.2 Å². The summed E-state index contributed by atoms with van der Waals surface area (Å²) in [6, 6.07) is 6.16. The van der Waals surface area contributed by atoms with Crippen LogP contribution in [0.15, 0.2) is 29.3 Å². The van der Waals surface area contributed by atoms with Gasteiger partial charge in [0.2, 0.25) is 0 Å². The molecule has 1 spiro atoms. The molecule has 4 rings (SSSR count). The minimum absolute atomic E-state index is 0.288. The van der Waals surface area contributed by atoms with E-state index < -0.39 is 15.5 Å². The lowest BCUT2D eigenvalue weighted by Crippen LogP contribution is -2.41. The number of anilines is 1. The molecule has 1 amide bonds. The number of halogens is 2. The number of amidine groups is 1. The van der Waals surface area contributed by atoms with Gasteiger partial charge in [0.1, 0.15) is 21.6 Å². The van der Waals surface area contributed by atoms with Crippen molar-refractivity contribution >= 4 is 62.9 Å². The summed E-state index contributed by atoms with van der Waals surface area (Å²) < 4.78 is 12.1. The predicted molar refractivity (Wildman–Crippen MR) is 106 cm³/mol. The van der Waals surface area contributed by atoms with E-state index in [9.17, 15) is 9.00 Å². The monoisotopic (exact) mass is 428 g/mol. The summed E-state index contributed by atoms with van der Waals surface area (Å²) in [5.74, 6) is 0.819. The number of hydrogen-bond acceptors (Lipinski definition) is 6. The summed E-state index contributed by atoms with van der Waals surface area (Å²) >= 11 is 13.4. The Morgan fingerprint density at radius 3 is 2.81 bits per heavy atom. The number of nitrogens with two attached hydrogens (primary N) is 1. The molecule has 0 aromatic carbocycles. The van der Waals surface area contributed by atoms with Gasteiger partial charge in [-0.3, -0.25) is 14.0 Å². The smallest absolute Gasteiger partial charge is 0.266 e. The van der Waals surface area contributed by atoms with Crippen LogP contribution in [0.2, 0.25) is 10.2 Å². The fourth-order valence-corrected chi connectivity index (χ4v) is 6.21. The molecule has 1 aliphatic heterocycles. The first-order valence-corrected chi connectivity index (χ1v) is 10.7. The van der Waals surface area contributed by atoms with Gasteiger partial charge in [0, 0.05) is 15.7 Å². The molecule has 10 heteroatoms. The van der Waals surface area contributed by atoms with Gasteiger partial charge < -0.3 is 11.1 Å². The average molecular weight is 429 g/mol. The van der Waals surface area contributed by atoms with E-state index in [1.54, 1.807) is 24.3 Å². The van der Waals surface area contributed by atoms with Crippen molar-refractivity contribution in [3.63, 3.8) is 0 Å². The topological polar surface area (TPSA) is 97.4 Å². The Hall–Kier alpha value is -1.48. The molecule has 1 saturated carbocycles. The second-order valence-electron chi connectivity index (χ2n) is 6.16. The molecule has 3 N–H and O–H groups in total. The molecular weight excluding hydrogens is 415 g/mol. The fourth-order valence-electron chi connectivity index (χ4n) is 2.85. The number of carbonyl (C=O) groups excluding carboxylic acids is 1. The van der Waals surface area contributed by atoms with E-state index in [0.717, 1.165) is 12.8 Å². The van der Waals surface area contributed by atoms with Crippen molar-refractivity contribution in [1.82, 2.24) is 4.98 Å². The van der Waals surface area contributed by atoms with Crippen LogP contribution >= 0.6 is 34.5 Å². The minimum atomic E-state index is -1.08. The lowest BCUT2D eigenvalue weighted by atomic mass is 10.2. The molecular formula is C16H14Cl2N4O2S2. The summed E-state index contributed by atoms with van der Waals surface area (Å²) in [4.78, 5) is 22.1. The van der Waals surface area contributed by atoms with Gasteiger partial charge in [-0.1, -0.05) is 29.3 Å². The van der Waals surface area contributed by atoms with Gasteiger partial charge in [0.15, 0.2) is 0 Å². The Labute approximate surface area is 166 Å². The normalized spacial score (nSPS) is 23.5. The van der Waals surface area contributed by atoms with Crippen LogP contribution < -0.4 is 11.1 Å². The fraction of sp³-hybridized carbons (Fsp3) is 0.312. The Bertz CT molecular complexity index is 955. The molecule has 0 radical (unpaired) electrons. The van der Waals surface area contributed by atoms with E-state index in [2.05, 4.69) is 15.3 Å². The van der Waals surface area contributed by atoms with Crippen LogP contribution in [0.4, 0.5) is 5.82 Å². The summed E-state index contributed by atoms with van der Waals surface area (Å²) in [5.41, 5.74) is 6.04. The van der Waals surface area contributed by atoms with Crippen LogP contribution in [0.25, 0.3) is 0 Å². The minimum Gasteiger partial charge on any atom is -0.386 e. The van der Waals surface area contributed by atoms with Crippen LogP contribution in [-0.2, 0) is 10.8 Å². The molecule has 2 aromatic rings. The third-order valence-corrected chi connectivity index (χ3v) is 8.39. The zero-order valence-electron chi connectivity index (χ0n) is 13.4. The summed E-state index contributed by atoms with van der Waals surface area (Å²) in [6.07, 6.45) is 1.64. The lowest BCUT2D eigenvalue weighted by molar-refractivity contribution is 0.103. The van der Waals surface area contributed by atoms with Crippen molar-refractivity contribution in [1.29, 1.82) is 0 Å². The van der Waals surface area contributed by atoms with Crippen LogP contribution in [0.1, 0.15) is 33.4 Å². The Morgan fingerprint density at radius 2 is 2.15 bits per heavy atom. The maximum absolute atomic E-state index is 12.5. The number of thiophene rings is 1. The van der Waals surface area contributed by atoms with Crippen molar-refractivity contribution in [2.45, 2.75) is 23.6 Å². The van der Waals surface area contributed by atoms with E-state index in [1.807, 2.05) is 0 Å². The molecule has 2 aromatic heterocycles. The standard InChI is InChI=1S/C16H14Cl2N4O2S2/c17-8-6-10(14(23)22-12-3-1-2-11(18)21-12)25-13(8)9-7-26(24)16(4-5-16)15(19)20-9/h1-3,6,9H,4-5,7H2,(H2,19,20)(H,21,22,23)/t9-,26?/m0/s1. The highest BCUT2D eigenvalue weighted by Gasteiger charge is 2.55. The zero-order valence-corrected chi connectivity index (χ0v) is 16.5. The van der Waals surface area contributed by atoms with Crippen molar-refractivity contribution < 1.29 is 9.00 Å². The molecule has 2 atom stereocenters. The molecule has 3 heterocycles. The van der Waals surface area contributed by atoms with Gasteiger partial charge in [-0.05, 0) is 31.0 Å². The van der Waals surface area contributed by atoms with E-state index in [1.165, 1.54) is 11.3 Å². The highest BCUT2D eigenvalue weighted by Crippen LogP contribution is 2.47. The molecule has 0 bridgehead atoms. The molecule has 136 valence electrons. The highest BCUT2D eigenvalue weighted by atomic mass is 35.5. The van der Waals surface area contributed by atoms with Gasteiger partial charge in [0.25, 0.3) is 5.91 Å². The largest absolute Gasteiger partial charge is 0.386 e. The highest BCUT2D eigenvalue weighted by molar-refractivity contribution is 7.87. The van der Waals surface area contributed by atoms with Crippen LogP contribution in [-0.4, -0.2) is 31.4 Å². The molecule has 6 nitrogen and oxygen atoms in total. The summed E-state index contributed by atoms with van der Waals surface area (Å²) in [6.45, 7) is 0. The summed E-state index contributed by atoms with van der Waals surface area (Å²) in [7, 11) is -1.08. The first-order valence-electron chi connectivity index (χ1n) is 7.84. The molecule has 26 heavy (non-hydrogen) atoms. The van der Waals surface area contributed by atoms with Crippen molar-refractivity contribution in [2.75, 3.05) is 11.1 Å². The van der Waals surface area contributed by atoms with Gasteiger partial charge in [-0.2, -0.15) is 0 Å². The van der Waals surface area contributed by atoms with Gasteiger partial charge in [-0.15, -0.1) is 11.3 Å². The number of pyridine rings is 1. The molecule has 2 aliphatic rings. The molecule has 1 fully saturated rings. The van der Waals surface area contributed by atoms with Gasteiger partial charge in [0.05, 0.1) is 21.7 Å². The second kappa shape index (κ2) is 6.60. The predicted octanol–water partition coefficient (Wildman–Crippen LogP) is 3.40. The average Bonchev–Trinajstić information content (AvgIpc) is 3.29. The van der Waals surface area contributed by atoms with E-state index in [4.69, 9.17) is 28.9 Å². The number of hydrogen-bond donors (Lipinski definition) is 2. The third kappa shape index (κ3) is 3.15. The lowest BCUT2D eigenvalue weighted by Gasteiger charge is -2.24. The number of amides is 1. The number of rotatable bonds is 3. The van der Waals surface area contributed by atoms with Crippen LogP contribution in [0.5, 0.6) is 0 Å². The van der Waals surface area contributed by atoms with Gasteiger partial charge in [-0.25, -0.2) is 4.98 Å². The zero-order chi connectivity index (χ0) is 18.5. The molecule has 1 unspecified atom stereocenters. The maximum atomic E-state index is 12.5. The van der Waals surface area contributed by atoms with E-state index >= 15 is 0 Å². The van der Waals surface area contributed by atoms with Crippen molar-refractivity contribution in [2.24, 2.45) is 10.7 Å². The number of aromatic nitrogens is 1. The Balaban J connectivity index is 1.57. The Kier molecular flexibility index (Phi) is 4.54. The van der Waals surface area contributed by atoms with Crippen LogP contribution in [0.3, 0.4) is 0 Å². The Morgan fingerprint density at radius 1 is 1.38 bits per heavy atom.